The summed E-state index contributed by atoms with van der Waals surface area (Å²) in [7, 11) is 0. The highest BCUT2D eigenvalue weighted by Gasteiger charge is 2.26. The van der Waals surface area contributed by atoms with Gasteiger partial charge in [-0.3, -0.25) is 0 Å². The van der Waals surface area contributed by atoms with Gasteiger partial charge < -0.3 is 10.2 Å². The van der Waals surface area contributed by atoms with Crippen molar-refractivity contribution in [3.63, 3.8) is 0 Å². The molecule has 1 aliphatic heterocycles. The number of nitrogens with zero attached hydrogens (tertiary/aromatic N) is 1. The highest BCUT2D eigenvalue weighted by atomic mass is 35.5. The lowest BCUT2D eigenvalue weighted by molar-refractivity contribution is 0.189. The molecule has 0 aromatic heterocycles. The van der Waals surface area contributed by atoms with Gasteiger partial charge in [0.25, 0.3) is 0 Å². The van der Waals surface area contributed by atoms with Crippen LogP contribution in [0.15, 0.2) is 42.5 Å². The van der Waals surface area contributed by atoms with E-state index >= 15 is 0 Å². The molecule has 0 saturated carbocycles. The Bertz CT molecular complexity index is 748. The normalized spacial score (nSPS) is 17.9. The Morgan fingerprint density at radius 2 is 1.92 bits per heavy atom. The lowest BCUT2D eigenvalue weighted by Gasteiger charge is -2.30. The summed E-state index contributed by atoms with van der Waals surface area (Å²) in [5, 5.41) is 2.86. The van der Waals surface area contributed by atoms with Crippen LogP contribution in [0.4, 0.5) is 14.9 Å². The van der Waals surface area contributed by atoms with Crippen molar-refractivity contribution in [2.45, 2.75) is 38.6 Å². The zero-order valence-electron chi connectivity index (χ0n) is 14.3. The first-order valence-electron chi connectivity index (χ1n) is 8.64. The maximum atomic E-state index is 13.3. The van der Waals surface area contributed by atoms with E-state index in [4.69, 9.17) is 11.6 Å². The number of likely N-dealkylation sites (tertiary alicyclic amines) is 1. The molecule has 1 N–H and O–H groups in total. The molecule has 0 spiro atoms. The molecule has 5 heteroatoms. The molecular weight excluding hydrogens is 339 g/mol. The van der Waals surface area contributed by atoms with E-state index in [0.29, 0.717) is 12.2 Å². The molecule has 2 aromatic carbocycles. The minimum atomic E-state index is -0.494. The molecule has 0 radical (unpaired) electrons. The Kier molecular flexibility index (Phi) is 5.59. The Morgan fingerprint density at radius 3 is 2.64 bits per heavy atom. The first-order valence-corrected chi connectivity index (χ1v) is 9.01. The third-order valence-electron chi connectivity index (χ3n) is 4.65. The maximum Gasteiger partial charge on any atom is 0.322 e. The molecule has 3 nitrogen and oxygen atoms in total. The molecule has 1 fully saturated rings. The van der Waals surface area contributed by atoms with Gasteiger partial charge in [-0.15, -0.1) is 0 Å². The zero-order valence-corrected chi connectivity index (χ0v) is 15.0. The third kappa shape index (κ3) is 4.31. The van der Waals surface area contributed by atoms with Crippen LogP contribution in [0.25, 0.3) is 0 Å². The lowest BCUT2D eigenvalue weighted by atomic mass is 10.00. The molecule has 25 heavy (non-hydrogen) atoms. The summed E-state index contributed by atoms with van der Waals surface area (Å²) >= 11 is 5.81. The van der Waals surface area contributed by atoms with Gasteiger partial charge in [0.15, 0.2) is 0 Å². The van der Waals surface area contributed by atoms with Crippen molar-refractivity contribution in [2.75, 3.05) is 11.9 Å². The first-order chi connectivity index (χ1) is 12.0. The second kappa shape index (κ2) is 7.87. The second-order valence-corrected chi connectivity index (χ2v) is 6.94. The summed E-state index contributed by atoms with van der Waals surface area (Å²) in [6, 6.07) is 12.5. The molecule has 1 aliphatic rings. The number of halogens is 2. The van der Waals surface area contributed by atoms with Gasteiger partial charge in [-0.1, -0.05) is 54.3 Å². The molecule has 1 atom stereocenters. The molecule has 0 aliphatic carbocycles. The third-order valence-corrected chi connectivity index (χ3v) is 4.94. The van der Waals surface area contributed by atoms with Gasteiger partial charge in [0, 0.05) is 12.2 Å². The van der Waals surface area contributed by atoms with E-state index in [1.54, 1.807) is 0 Å². The van der Waals surface area contributed by atoms with Crippen LogP contribution in [0.3, 0.4) is 0 Å². The number of carbonyl (C=O) groups is 1. The quantitative estimate of drug-likeness (QED) is 0.706. The number of hydrogen-bond donors (Lipinski definition) is 1. The predicted octanol–water partition coefficient (Wildman–Crippen LogP) is 5.94. The molecule has 2 amide bonds. The summed E-state index contributed by atoms with van der Waals surface area (Å²) < 4.78 is 13.3. The van der Waals surface area contributed by atoms with Gasteiger partial charge in [-0.25, -0.2) is 9.18 Å². The number of carbonyl (C=O) groups excluding carboxylic acids is 1. The fourth-order valence-electron chi connectivity index (χ4n) is 3.26. The number of rotatable bonds is 2. The summed E-state index contributed by atoms with van der Waals surface area (Å²) in [5.41, 5.74) is 2.86. The molecule has 0 bridgehead atoms. The predicted molar refractivity (Wildman–Crippen MR) is 99.5 cm³/mol. The molecule has 1 heterocycles. The topological polar surface area (TPSA) is 32.3 Å². The van der Waals surface area contributed by atoms with E-state index in [-0.39, 0.29) is 17.1 Å². The van der Waals surface area contributed by atoms with Crippen LogP contribution in [-0.2, 0) is 0 Å². The van der Waals surface area contributed by atoms with Gasteiger partial charge in [0.05, 0.1) is 11.1 Å². The van der Waals surface area contributed by atoms with Crippen LogP contribution in [0.1, 0.15) is 42.9 Å². The number of anilines is 1. The first kappa shape index (κ1) is 17.7. The van der Waals surface area contributed by atoms with Crippen LogP contribution in [0, 0.1) is 12.7 Å². The van der Waals surface area contributed by atoms with Crippen LogP contribution in [0.5, 0.6) is 0 Å². The smallest absolute Gasteiger partial charge is 0.317 e. The Hall–Kier alpha value is -2.07. The van der Waals surface area contributed by atoms with E-state index < -0.39 is 5.82 Å². The number of amides is 2. The highest BCUT2D eigenvalue weighted by Crippen LogP contribution is 2.31. The van der Waals surface area contributed by atoms with Crippen molar-refractivity contribution < 1.29 is 9.18 Å². The molecule has 2 aromatic rings. The van der Waals surface area contributed by atoms with E-state index in [2.05, 4.69) is 36.5 Å². The van der Waals surface area contributed by atoms with Crippen LogP contribution in [-0.4, -0.2) is 17.5 Å². The number of aryl methyl sites for hydroxylation is 1. The van der Waals surface area contributed by atoms with Gasteiger partial charge >= 0.3 is 6.03 Å². The van der Waals surface area contributed by atoms with Gasteiger partial charge in [0.1, 0.15) is 5.82 Å². The number of urea groups is 1. The number of nitrogens with one attached hydrogen (secondary N) is 1. The standard InChI is InChI=1S/C20H22ClFN2O/c1-14-6-8-15(9-7-14)19-5-3-2-4-12-24(19)20(25)23-16-10-11-18(22)17(21)13-16/h6-11,13,19H,2-5,12H2,1H3,(H,23,25). The zero-order chi connectivity index (χ0) is 17.8. The molecule has 3 rings (SSSR count). The molecule has 1 saturated heterocycles. The van der Waals surface area contributed by atoms with E-state index in [9.17, 15) is 9.18 Å². The summed E-state index contributed by atoms with van der Waals surface area (Å²) in [4.78, 5) is 14.7. The second-order valence-electron chi connectivity index (χ2n) is 6.53. The fourth-order valence-corrected chi connectivity index (χ4v) is 3.44. The Balaban J connectivity index is 1.81. The largest absolute Gasteiger partial charge is 0.322 e. The van der Waals surface area contributed by atoms with Crippen molar-refractivity contribution in [1.29, 1.82) is 0 Å². The highest BCUT2D eigenvalue weighted by molar-refractivity contribution is 6.31. The van der Waals surface area contributed by atoms with E-state index in [1.165, 1.54) is 23.8 Å². The Labute approximate surface area is 152 Å². The number of hydrogen-bond acceptors (Lipinski definition) is 1. The molecule has 132 valence electrons. The average molecular weight is 361 g/mol. The molecule has 1 unspecified atom stereocenters. The van der Waals surface area contributed by atoms with Crippen molar-refractivity contribution in [3.05, 3.63) is 64.4 Å². The van der Waals surface area contributed by atoms with Crippen molar-refractivity contribution in [3.8, 4) is 0 Å². The summed E-state index contributed by atoms with van der Waals surface area (Å²) in [6.07, 6.45) is 4.15. The van der Waals surface area contributed by atoms with Crippen LogP contribution >= 0.6 is 11.6 Å². The van der Waals surface area contributed by atoms with E-state index in [0.717, 1.165) is 31.2 Å². The van der Waals surface area contributed by atoms with Crippen molar-refractivity contribution in [1.82, 2.24) is 4.90 Å². The maximum absolute atomic E-state index is 13.3. The Morgan fingerprint density at radius 1 is 1.16 bits per heavy atom. The SMILES string of the molecule is Cc1ccc(C2CCCCCN2C(=O)Nc2ccc(F)c(Cl)c2)cc1. The van der Waals surface area contributed by atoms with Crippen molar-refractivity contribution >= 4 is 23.3 Å². The van der Waals surface area contributed by atoms with Gasteiger partial charge in [-0.05, 0) is 43.5 Å². The van der Waals surface area contributed by atoms with E-state index in [1.807, 2.05) is 4.90 Å². The van der Waals surface area contributed by atoms with Gasteiger partial charge in [0.2, 0.25) is 0 Å². The molecular formula is C20H22ClFN2O. The fraction of sp³-hybridized carbons (Fsp3) is 0.350. The van der Waals surface area contributed by atoms with Crippen molar-refractivity contribution in [2.24, 2.45) is 0 Å². The van der Waals surface area contributed by atoms with Gasteiger partial charge in [-0.2, -0.15) is 0 Å². The average Bonchev–Trinajstić information content (AvgIpc) is 2.85. The monoisotopic (exact) mass is 360 g/mol. The van der Waals surface area contributed by atoms with Crippen LogP contribution in [0.2, 0.25) is 5.02 Å². The minimum absolute atomic E-state index is 0.00347. The lowest BCUT2D eigenvalue weighted by Crippen LogP contribution is -2.38. The minimum Gasteiger partial charge on any atom is -0.317 e. The number of benzene rings is 2. The summed E-state index contributed by atoms with van der Waals surface area (Å²) in [6.45, 7) is 2.76. The summed E-state index contributed by atoms with van der Waals surface area (Å²) in [5.74, 6) is -0.494. The van der Waals surface area contributed by atoms with Crippen LogP contribution < -0.4 is 5.32 Å².